The summed E-state index contributed by atoms with van der Waals surface area (Å²) < 4.78 is 5.73. The van der Waals surface area contributed by atoms with Gasteiger partial charge in [0.1, 0.15) is 11.5 Å². The first-order valence-electron chi connectivity index (χ1n) is 6.51. The summed E-state index contributed by atoms with van der Waals surface area (Å²) in [5.74, 6) is 2.75. The predicted molar refractivity (Wildman–Crippen MR) is 82.1 cm³/mol. The molecule has 0 radical (unpaired) electrons. The predicted octanol–water partition coefficient (Wildman–Crippen LogP) is 4.16. The first kappa shape index (κ1) is 13.1. The molecule has 1 saturated heterocycles. The minimum Gasteiger partial charge on any atom is -0.457 e. The van der Waals surface area contributed by atoms with Crippen molar-refractivity contribution in [3.05, 3.63) is 60.2 Å². The highest BCUT2D eigenvalue weighted by Gasteiger charge is 2.25. The van der Waals surface area contributed by atoms with Crippen molar-refractivity contribution in [3.8, 4) is 11.5 Å². The molecule has 3 nitrogen and oxygen atoms in total. The summed E-state index contributed by atoms with van der Waals surface area (Å²) in [6.45, 7) is 0. The summed E-state index contributed by atoms with van der Waals surface area (Å²) in [6.07, 6.45) is 0.819. The Bertz CT molecular complexity index is 592. The Balaban J connectivity index is 1.70. The molecule has 2 aromatic carbocycles. The number of thioether (sulfide) groups is 1. The lowest BCUT2D eigenvalue weighted by atomic mass is 10.1. The zero-order chi connectivity index (χ0) is 13.8. The molecule has 2 aromatic rings. The molecule has 1 unspecified atom stereocenters. The van der Waals surface area contributed by atoms with E-state index in [1.807, 2.05) is 66.4 Å². The van der Waals surface area contributed by atoms with Crippen molar-refractivity contribution < 1.29 is 9.94 Å². The van der Waals surface area contributed by atoms with E-state index in [4.69, 9.17) is 9.94 Å². The third-order valence-corrected chi connectivity index (χ3v) is 4.08. The van der Waals surface area contributed by atoms with Crippen molar-refractivity contribution >= 4 is 17.5 Å². The maximum Gasteiger partial charge on any atom is 0.127 e. The van der Waals surface area contributed by atoms with Crippen LogP contribution in [-0.4, -0.2) is 21.9 Å². The SMILES string of the molecule is O/N=C(\CC1CS1)c1ccc(Oc2ccccc2)cc1. The van der Waals surface area contributed by atoms with E-state index < -0.39 is 0 Å². The zero-order valence-corrected chi connectivity index (χ0v) is 11.7. The van der Waals surface area contributed by atoms with Crippen molar-refractivity contribution in [1.29, 1.82) is 0 Å². The minimum absolute atomic E-state index is 0.612. The van der Waals surface area contributed by atoms with Crippen LogP contribution in [0.15, 0.2) is 59.8 Å². The maximum absolute atomic E-state index is 9.11. The second-order valence-corrected chi connectivity index (χ2v) is 5.98. The molecule has 0 aromatic heterocycles. The number of oxime groups is 1. The fourth-order valence-electron chi connectivity index (χ4n) is 1.96. The molecule has 1 atom stereocenters. The molecule has 102 valence electrons. The summed E-state index contributed by atoms with van der Waals surface area (Å²) in [5, 5.41) is 13.1. The van der Waals surface area contributed by atoms with Crippen molar-refractivity contribution in [3.63, 3.8) is 0 Å². The van der Waals surface area contributed by atoms with Crippen LogP contribution in [-0.2, 0) is 0 Å². The van der Waals surface area contributed by atoms with E-state index in [-0.39, 0.29) is 0 Å². The molecule has 4 heteroatoms. The molecule has 1 fully saturated rings. The number of hydrogen-bond acceptors (Lipinski definition) is 4. The quantitative estimate of drug-likeness (QED) is 0.388. The molecule has 1 aliphatic heterocycles. The Labute approximate surface area is 122 Å². The van der Waals surface area contributed by atoms with Gasteiger partial charge in [0, 0.05) is 17.4 Å². The van der Waals surface area contributed by atoms with E-state index in [2.05, 4.69) is 5.16 Å². The molecule has 20 heavy (non-hydrogen) atoms. The Hall–Kier alpha value is -1.94. The lowest BCUT2D eigenvalue weighted by molar-refractivity contribution is 0.318. The standard InChI is InChI=1S/C16H15NO2S/c18-17-16(10-15-11-20-15)12-6-8-14(9-7-12)19-13-4-2-1-3-5-13/h1-9,15,18H,10-11H2/b17-16+. The van der Waals surface area contributed by atoms with Crippen LogP contribution in [0.25, 0.3) is 0 Å². The van der Waals surface area contributed by atoms with Gasteiger partial charge in [0.2, 0.25) is 0 Å². The molecular weight excluding hydrogens is 270 g/mol. The van der Waals surface area contributed by atoms with E-state index in [1.54, 1.807) is 0 Å². The Morgan fingerprint density at radius 3 is 2.35 bits per heavy atom. The van der Waals surface area contributed by atoms with Gasteiger partial charge in [-0.25, -0.2) is 0 Å². The van der Waals surface area contributed by atoms with Gasteiger partial charge in [-0.1, -0.05) is 23.4 Å². The number of benzene rings is 2. The molecule has 1 aliphatic rings. The zero-order valence-electron chi connectivity index (χ0n) is 10.9. The smallest absolute Gasteiger partial charge is 0.127 e. The number of hydrogen-bond donors (Lipinski definition) is 1. The third kappa shape index (κ3) is 3.33. The third-order valence-electron chi connectivity index (χ3n) is 3.11. The second kappa shape index (κ2) is 6.01. The first-order valence-corrected chi connectivity index (χ1v) is 7.56. The molecular formula is C16H15NO2S. The monoisotopic (exact) mass is 285 g/mol. The lowest BCUT2D eigenvalue weighted by Crippen LogP contribution is -2.04. The summed E-state index contributed by atoms with van der Waals surface area (Å²) >= 11 is 1.89. The van der Waals surface area contributed by atoms with E-state index in [9.17, 15) is 0 Å². The van der Waals surface area contributed by atoms with Gasteiger partial charge in [-0.05, 0) is 42.0 Å². The number of ether oxygens (including phenoxy) is 1. The van der Waals surface area contributed by atoms with Crippen molar-refractivity contribution in [1.82, 2.24) is 0 Å². The Morgan fingerprint density at radius 2 is 1.75 bits per heavy atom. The van der Waals surface area contributed by atoms with E-state index >= 15 is 0 Å². The van der Waals surface area contributed by atoms with Crippen LogP contribution >= 0.6 is 11.8 Å². The maximum atomic E-state index is 9.11. The van der Waals surface area contributed by atoms with Crippen LogP contribution in [0.4, 0.5) is 0 Å². The topological polar surface area (TPSA) is 41.8 Å². The van der Waals surface area contributed by atoms with Crippen LogP contribution < -0.4 is 4.74 Å². The van der Waals surface area contributed by atoms with Crippen LogP contribution in [0.1, 0.15) is 12.0 Å². The van der Waals surface area contributed by atoms with Crippen LogP contribution in [0, 0.1) is 0 Å². The summed E-state index contributed by atoms with van der Waals surface area (Å²) in [6, 6.07) is 17.3. The molecule has 0 spiro atoms. The van der Waals surface area contributed by atoms with Gasteiger partial charge in [0.05, 0.1) is 5.71 Å². The van der Waals surface area contributed by atoms with Crippen molar-refractivity contribution in [2.45, 2.75) is 11.7 Å². The average molecular weight is 285 g/mol. The number of para-hydroxylation sites is 1. The highest BCUT2D eigenvalue weighted by Crippen LogP contribution is 2.34. The fraction of sp³-hybridized carbons (Fsp3) is 0.188. The highest BCUT2D eigenvalue weighted by atomic mass is 32.2. The molecule has 1 N–H and O–H groups in total. The van der Waals surface area contributed by atoms with E-state index in [1.165, 1.54) is 0 Å². The molecule has 0 amide bonds. The van der Waals surface area contributed by atoms with Crippen molar-refractivity contribution in [2.24, 2.45) is 5.16 Å². The Kier molecular flexibility index (Phi) is 3.92. The van der Waals surface area contributed by atoms with E-state index in [0.29, 0.717) is 5.25 Å². The number of rotatable bonds is 5. The molecule has 3 rings (SSSR count). The number of nitrogens with zero attached hydrogens (tertiary/aromatic N) is 1. The van der Waals surface area contributed by atoms with Gasteiger partial charge in [-0.15, -0.1) is 0 Å². The first-order chi connectivity index (χ1) is 9.85. The molecule has 1 heterocycles. The van der Waals surface area contributed by atoms with Crippen LogP contribution in [0.3, 0.4) is 0 Å². The molecule has 0 aliphatic carbocycles. The van der Waals surface area contributed by atoms with Gasteiger partial charge in [0.25, 0.3) is 0 Å². The largest absolute Gasteiger partial charge is 0.457 e. The van der Waals surface area contributed by atoms with Gasteiger partial charge in [0.15, 0.2) is 0 Å². The van der Waals surface area contributed by atoms with Gasteiger partial charge in [-0.3, -0.25) is 0 Å². The summed E-state index contributed by atoms with van der Waals surface area (Å²) in [4.78, 5) is 0. The summed E-state index contributed by atoms with van der Waals surface area (Å²) in [7, 11) is 0. The second-order valence-electron chi connectivity index (χ2n) is 4.65. The van der Waals surface area contributed by atoms with Gasteiger partial charge < -0.3 is 9.94 Å². The van der Waals surface area contributed by atoms with Gasteiger partial charge >= 0.3 is 0 Å². The normalized spacial score (nSPS) is 17.8. The average Bonchev–Trinajstić information content (AvgIpc) is 3.31. The van der Waals surface area contributed by atoms with E-state index in [0.717, 1.165) is 34.9 Å². The lowest BCUT2D eigenvalue weighted by Gasteiger charge is -2.07. The Morgan fingerprint density at radius 1 is 1.10 bits per heavy atom. The van der Waals surface area contributed by atoms with Crippen LogP contribution in [0.5, 0.6) is 11.5 Å². The minimum atomic E-state index is 0.612. The molecule has 0 bridgehead atoms. The van der Waals surface area contributed by atoms with Gasteiger partial charge in [-0.2, -0.15) is 11.8 Å². The van der Waals surface area contributed by atoms with Crippen LogP contribution in [0.2, 0.25) is 0 Å². The molecule has 0 saturated carbocycles. The highest BCUT2D eigenvalue weighted by molar-refractivity contribution is 8.06. The van der Waals surface area contributed by atoms with Crippen molar-refractivity contribution in [2.75, 3.05) is 5.75 Å². The fourth-order valence-corrected chi connectivity index (χ4v) is 2.49. The summed E-state index contributed by atoms with van der Waals surface area (Å²) in [5.41, 5.74) is 1.69.